The zero-order valence-corrected chi connectivity index (χ0v) is 14.5. The van der Waals surface area contributed by atoms with Crippen LogP contribution in [0, 0.1) is 5.82 Å². The molecule has 0 saturated carbocycles. The fourth-order valence-electron chi connectivity index (χ4n) is 2.74. The van der Waals surface area contributed by atoms with Gasteiger partial charge in [-0.2, -0.15) is 0 Å². The second-order valence-electron chi connectivity index (χ2n) is 6.12. The summed E-state index contributed by atoms with van der Waals surface area (Å²) in [7, 11) is 1.60. The average molecular weight is 357 g/mol. The van der Waals surface area contributed by atoms with E-state index in [9.17, 15) is 14.0 Å². The van der Waals surface area contributed by atoms with Crippen molar-refractivity contribution < 1.29 is 23.5 Å². The highest BCUT2D eigenvalue weighted by Gasteiger charge is 2.17. The van der Waals surface area contributed by atoms with Gasteiger partial charge in [-0.15, -0.1) is 0 Å². The third-order valence-electron chi connectivity index (χ3n) is 4.22. The molecule has 0 aromatic heterocycles. The smallest absolute Gasteiger partial charge is 0.223 e. The molecule has 0 atom stereocenters. The van der Waals surface area contributed by atoms with Gasteiger partial charge in [-0.05, 0) is 24.3 Å². The molecule has 26 heavy (non-hydrogen) atoms. The van der Waals surface area contributed by atoms with Crippen LogP contribution in [0.25, 0.3) is 0 Å². The van der Waals surface area contributed by atoms with Crippen molar-refractivity contribution in [3.8, 4) is 11.5 Å². The lowest BCUT2D eigenvalue weighted by molar-refractivity contribution is -0.130. The van der Waals surface area contributed by atoms with Gasteiger partial charge in [0, 0.05) is 37.6 Å². The van der Waals surface area contributed by atoms with Crippen LogP contribution in [-0.2, 0) is 11.3 Å². The van der Waals surface area contributed by atoms with E-state index in [4.69, 9.17) is 9.47 Å². The van der Waals surface area contributed by atoms with E-state index >= 15 is 0 Å². The van der Waals surface area contributed by atoms with Crippen LogP contribution in [0.15, 0.2) is 42.5 Å². The quantitative estimate of drug-likeness (QED) is 0.745. The molecule has 0 saturated heterocycles. The normalized spacial score (nSPS) is 12.5. The summed E-state index contributed by atoms with van der Waals surface area (Å²) in [5.41, 5.74) is 0.931. The molecule has 1 aliphatic rings. The van der Waals surface area contributed by atoms with E-state index in [-0.39, 0.29) is 36.9 Å². The lowest BCUT2D eigenvalue weighted by Crippen LogP contribution is -2.27. The van der Waals surface area contributed by atoms with Gasteiger partial charge in [0.1, 0.15) is 19.0 Å². The monoisotopic (exact) mass is 357 g/mol. The first-order valence-corrected chi connectivity index (χ1v) is 8.45. The fourth-order valence-corrected chi connectivity index (χ4v) is 2.74. The van der Waals surface area contributed by atoms with Crippen LogP contribution in [-0.4, -0.2) is 36.9 Å². The molecule has 5 nitrogen and oxygen atoms in total. The Morgan fingerprint density at radius 1 is 1.04 bits per heavy atom. The number of benzene rings is 2. The van der Waals surface area contributed by atoms with Crippen LogP contribution in [0.4, 0.5) is 4.39 Å². The Balaban J connectivity index is 1.55. The van der Waals surface area contributed by atoms with Crippen molar-refractivity contribution in [2.24, 2.45) is 0 Å². The van der Waals surface area contributed by atoms with Crippen molar-refractivity contribution in [2.45, 2.75) is 19.4 Å². The third kappa shape index (κ3) is 4.20. The van der Waals surface area contributed by atoms with Crippen molar-refractivity contribution in [2.75, 3.05) is 20.3 Å². The Hall–Kier alpha value is -2.89. The number of rotatable bonds is 6. The minimum atomic E-state index is -0.348. The van der Waals surface area contributed by atoms with Crippen molar-refractivity contribution >= 4 is 11.7 Å². The van der Waals surface area contributed by atoms with Crippen molar-refractivity contribution in [3.63, 3.8) is 0 Å². The number of hydrogen-bond acceptors (Lipinski definition) is 4. The van der Waals surface area contributed by atoms with Gasteiger partial charge >= 0.3 is 0 Å². The highest BCUT2D eigenvalue weighted by molar-refractivity contribution is 5.98. The molecule has 136 valence electrons. The van der Waals surface area contributed by atoms with E-state index in [1.165, 1.54) is 11.0 Å². The number of nitrogens with zero attached hydrogens (tertiary/aromatic N) is 1. The van der Waals surface area contributed by atoms with Crippen molar-refractivity contribution in [3.05, 3.63) is 59.4 Å². The molecular weight excluding hydrogens is 337 g/mol. The second kappa shape index (κ2) is 7.99. The number of hydrogen-bond donors (Lipinski definition) is 0. The predicted molar refractivity (Wildman–Crippen MR) is 93.9 cm³/mol. The number of carbonyl (C=O) groups is 2. The van der Waals surface area contributed by atoms with Crippen LogP contribution in [0.1, 0.15) is 28.8 Å². The Morgan fingerprint density at radius 2 is 1.77 bits per heavy atom. The number of halogens is 1. The van der Waals surface area contributed by atoms with Crippen molar-refractivity contribution in [1.29, 1.82) is 0 Å². The third-order valence-corrected chi connectivity index (χ3v) is 4.22. The number of ether oxygens (including phenoxy) is 2. The van der Waals surface area contributed by atoms with Gasteiger partial charge in [0.2, 0.25) is 5.91 Å². The summed E-state index contributed by atoms with van der Waals surface area (Å²) in [4.78, 5) is 26.0. The minimum Gasteiger partial charge on any atom is -0.486 e. The zero-order valence-electron chi connectivity index (χ0n) is 14.5. The van der Waals surface area contributed by atoms with E-state index in [1.807, 2.05) is 0 Å². The molecule has 0 bridgehead atoms. The summed E-state index contributed by atoms with van der Waals surface area (Å²) in [5.74, 6) is 0.465. The topological polar surface area (TPSA) is 55.8 Å². The van der Waals surface area contributed by atoms with Crippen LogP contribution < -0.4 is 9.47 Å². The molecular formula is C20H20FNO4. The van der Waals surface area contributed by atoms with Crippen LogP contribution in [0.5, 0.6) is 11.5 Å². The fraction of sp³-hybridized carbons (Fsp3) is 0.300. The molecule has 0 fully saturated rings. The molecule has 0 aliphatic carbocycles. The van der Waals surface area contributed by atoms with Gasteiger partial charge < -0.3 is 14.4 Å². The maximum Gasteiger partial charge on any atom is 0.223 e. The van der Waals surface area contributed by atoms with Gasteiger partial charge in [-0.25, -0.2) is 4.39 Å². The summed E-state index contributed by atoms with van der Waals surface area (Å²) in [6.45, 7) is 1.11. The highest BCUT2D eigenvalue weighted by atomic mass is 19.1. The first-order valence-electron chi connectivity index (χ1n) is 8.45. The summed E-state index contributed by atoms with van der Waals surface area (Å²) in [6, 6.07) is 11.3. The van der Waals surface area contributed by atoms with Crippen LogP contribution in [0.2, 0.25) is 0 Å². The minimum absolute atomic E-state index is 0.0677. The van der Waals surface area contributed by atoms with Crippen LogP contribution in [0.3, 0.4) is 0 Å². The van der Waals surface area contributed by atoms with E-state index in [0.717, 1.165) is 0 Å². The summed E-state index contributed by atoms with van der Waals surface area (Å²) in [6.07, 6.45) is 0.151. The average Bonchev–Trinajstić information content (AvgIpc) is 2.67. The molecule has 0 N–H and O–H groups in total. The van der Waals surface area contributed by atoms with Gasteiger partial charge in [0.05, 0.1) is 0 Å². The number of carbonyl (C=O) groups excluding carboxylic acids is 2. The molecule has 1 amide bonds. The Bertz CT molecular complexity index is 821. The molecule has 2 aromatic rings. The summed E-state index contributed by atoms with van der Waals surface area (Å²) in [5, 5.41) is 0. The number of Topliss-reactive ketones (excluding diaryl/α,β-unsaturated/α-hetero) is 1. The van der Waals surface area contributed by atoms with Crippen molar-refractivity contribution in [1.82, 2.24) is 4.90 Å². The summed E-state index contributed by atoms with van der Waals surface area (Å²) >= 11 is 0. The second-order valence-corrected chi connectivity index (χ2v) is 6.12. The molecule has 6 heteroatoms. The Morgan fingerprint density at radius 3 is 2.54 bits per heavy atom. The predicted octanol–water partition coefficient (Wildman–Crippen LogP) is 3.22. The maximum atomic E-state index is 13.7. The lowest BCUT2D eigenvalue weighted by atomic mass is 10.1. The van der Waals surface area contributed by atoms with E-state index in [2.05, 4.69) is 0 Å². The standard InChI is InChI=1S/C20H20FNO4/c1-22(13-15-4-2-3-5-16(15)21)20(24)9-7-17(23)14-6-8-18-19(12-14)26-11-10-25-18/h2-6,8,12H,7,9-11,13H2,1H3. The molecule has 3 rings (SSSR count). The first kappa shape index (κ1) is 17.9. The SMILES string of the molecule is CN(Cc1ccccc1F)C(=O)CCC(=O)c1ccc2c(c1)OCCO2. The largest absolute Gasteiger partial charge is 0.486 e. The molecule has 0 radical (unpaired) electrons. The molecule has 1 heterocycles. The summed E-state index contributed by atoms with van der Waals surface area (Å²) < 4.78 is 24.6. The number of ketones is 1. The Labute approximate surface area is 151 Å². The number of fused-ring (bicyclic) bond motifs is 1. The van der Waals surface area contributed by atoms with Gasteiger partial charge in [0.15, 0.2) is 17.3 Å². The lowest BCUT2D eigenvalue weighted by Gasteiger charge is -2.19. The van der Waals surface area contributed by atoms with Gasteiger partial charge in [-0.1, -0.05) is 18.2 Å². The van der Waals surface area contributed by atoms with Gasteiger partial charge in [0.25, 0.3) is 0 Å². The Kier molecular flexibility index (Phi) is 5.51. The van der Waals surface area contributed by atoms with E-state index in [0.29, 0.717) is 35.8 Å². The zero-order chi connectivity index (χ0) is 18.5. The van der Waals surface area contributed by atoms with Gasteiger partial charge in [-0.3, -0.25) is 9.59 Å². The van der Waals surface area contributed by atoms with E-state index < -0.39 is 0 Å². The van der Waals surface area contributed by atoms with Crippen LogP contribution >= 0.6 is 0 Å². The first-order chi connectivity index (χ1) is 12.5. The molecule has 2 aromatic carbocycles. The molecule has 1 aliphatic heterocycles. The number of amides is 1. The van der Waals surface area contributed by atoms with E-state index in [1.54, 1.807) is 43.4 Å². The molecule has 0 unspecified atom stereocenters. The molecule has 0 spiro atoms. The highest BCUT2D eigenvalue weighted by Crippen LogP contribution is 2.31. The maximum absolute atomic E-state index is 13.7.